The molecule has 1 aliphatic heterocycles. The quantitative estimate of drug-likeness (QED) is 0.310. The molecule has 0 spiro atoms. The fraction of sp³-hybridized carbons (Fsp3) is 0.290. The van der Waals surface area contributed by atoms with Crippen LogP contribution in [-0.4, -0.2) is 53.0 Å². The molecule has 1 aliphatic carbocycles. The van der Waals surface area contributed by atoms with E-state index in [1.54, 1.807) is 23.1 Å². The van der Waals surface area contributed by atoms with E-state index in [9.17, 15) is 24.3 Å². The number of fused-ring (bicyclic) bond motifs is 2. The van der Waals surface area contributed by atoms with Gasteiger partial charge in [-0.3, -0.25) is 9.59 Å². The maximum Gasteiger partial charge on any atom is 0.328 e. The molecule has 0 bridgehead atoms. The SMILES string of the molecule is Cc1ccc(C(=O)N2CCc3c(cc(Cl)c(C(=O)N[C@@H](CNC(=O)N[C@@H]4CCc5ccccc54)C(=O)O)c3Cl)C2)cc1. The van der Waals surface area contributed by atoms with E-state index in [0.29, 0.717) is 24.1 Å². The van der Waals surface area contributed by atoms with E-state index in [-0.39, 0.29) is 40.6 Å². The van der Waals surface area contributed by atoms with Crippen LogP contribution in [0.25, 0.3) is 0 Å². The lowest BCUT2D eigenvalue weighted by Gasteiger charge is -2.30. The van der Waals surface area contributed by atoms with Gasteiger partial charge in [-0.1, -0.05) is 65.2 Å². The Morgan fingerprint density at radius 2 is 1.76 bits per heavy atom. The zero-order valence-electron chi connectivity index (χ0n) is 22.9. The third-order valence-electron chi connectivity index (χ3n) is 7.73. The van der Waals surface area contributed by atoms with Gasteiger partial charge in [-0.05, 0) is 66.6 Å². The van der Waals surface area contributed by atoms with Crippen LogP contribution in [0.1, 0.15) is 61.0 Å². The molecule has 3 aromatic rings. The third kappa shape index (κ3) is 6.22. The molecule has 218 valence electrons. The van der Waals surface area contributed by atoms with Gasteiger partial charge in [0.25, 0.3) is 11.8 Å². The molecule has 11 heteroatoms. The minimum absolute atomic E-state index is 0.0376. The summed E-state index contributed by atoms with van der Waals surface area (Å²) < 4.78 is 0. The summed E-state index contributed by atoms with van der Waals surface area (Å²) in [6.45, 7) is 2.26. The fourth-order valence-electron chi connectivity index (χ4n) is 5.45. The second-order valence-electron chi connectivity index (χ2n) is 10.5. The van der Waals surface area contributed by atoms with Crippen molar-refractivity contribution in [2.24, 2.45) is 0 Å². The van der Waals surface area contributed by atoms with Crippen molar-refractivity contribution in [3.8, 4) is 0 Å². The summed E-state index contributed by atoms with van der Waals surface area (Å²) in [4.78, 5) is 52.4. The van der Waals surface area contributed by atoms with Gasteiger partial charge in [0.05, 0.1) is 28.2 Å². The van der Waals surface area contributed by atoms with Gasteiger partial charge in [-0.15, -0.1) is 0 Å². The molecule has 0 saturated carbocycles. The minimum Gasteiger partial charge on any atom is -0.480 e. The fourth-order valence-corrected chi connectivity index (χ4v) is 6.22. The van der Waals surface area contributed by atoms with Crippen LogP contribution in [0.3, 0.4) is 0 Å². The van der Waals surface area contributed by atoms with Gasteiger partial charge in [0.15, 0.2) is 0 Å². The molecule has 5 rings (SSSR count). The molecule has 0 aromatic heterocycles. The van der Waals surface area contributed by atoms with E-state index in [0.717, 1.165) is 29.5 Å². The first-order valence-corrected chi connectivity index (χ1v) is 14.4. The summed E-state index contributed by atoms with van der Waals surface area (Å²) >= 11 is 13.1. The van der Waals surface area contributed by atoms with Crippen LogP contribution in [-0.2, 0) is 24.2 Å². The molecule has 2 atom stereocenters. The Hall–Kier alpha value is -4.08. The number of halogens is 2. The van der Waals surface area contributed by atoms with Crippen LogP contribution < -0.4 is 16.0 Å². The predicted octanol–water partition coefficient (Wildman–Crippen LogP) is 4.67. The molecular formula is C31H30Cl2N4O5. The lowest BCUT2D eigenvalue weighted by atomic mass is 9.96. The van der Waals surface area contributed by atoms with E-state index in [2.05, 4.69) is 16.0 Å². The van der Waals surface area contributed by atoms with E-state index < -0.39 is 23.9 Å². The first-order valence-electron chi connectivity index (χ1n) is 13.6. The van der Waals surface area contributed by atoms with Crippen LogP contribution >= 0.6 is 23.2 Å². The summed E-state index contributed by atoms with van der Waals surface area (Å²) in [6.07, 6.45) is 2.00. The molecule has 4 N–H and O–H groups in total. The van der Waals surface area contributed by atoms with Gasteiger partial charge >= 0.3 is 12.0 Å². The number of hydrogen-bond donors (Lipinski definition) is 4. The third-order valence-corrected chi connectivity index (χ3v) is 8.44. The number of aliphatic carboxylic acids is 1. The van der Waals surface area contributed by atoms with Crippen molar-refractivity contribution in [2.45, 2.75) is 44.8 Å². The minimum atomic E-state index is -1.43. The molecular weight excluding hydrogens is 579 g/mol. The summed E-state index contributed by atoms with van der Waals surface area (Å²) in [5, 5.41) is 17.7. The number of amides is 4. The van der Waals surface area contributed by atoms with Crippen molar-refractivity contribution in [1.29, 1.82) is 0 Å². The van der Waals surface area contributed by atoms with Crippen LogP contribution in [0, 0.1) is 6.92 Å². The van der Waals surface area contributed by atoms with Crippen molar-refractivity contribution in [1.82, 2.24) is 20.9 Å². The Balaban J connectivity index is 1.23. The normalized spacial score (nSPS) is 16.2. The number of benzene rings is 3. The summed E-state index contributed by atoms with van der Waals surface area (Å²) in [7, 11) is 0. The van der Waals surface area contributed by atoms with Gasteiger partial charge in [-0.2, -0.15) is 0 Å². The van der Waals surface area contributed by atoms with Gasteiger partial charge in [0.1, 0.15) is 6.04 Å². The number of nitrogens with zero attached hydrogens (tertiary/aromatic N) is 1. The van der Waals surface area contributed by atoms with Crippen molar-refractivity contribution in [3.63, 3.8) is 0 Å². The van der Waals surface area contributed by atoms with Crippen LogP contribution in [0.2, 0.25) is 10.0 Å². The Labute approximate surface area is 253 Å². The standard InChI is InChI=1S/C31H30Cl2N4O5/c1-17-6-8-19(9-7-17)29(39)37-13-12-22-20(16-37)14-23(32)26(27(22)33)28(38)35-25(30(40)41)15-34-31(42)36-24-11-10-18-4-2-3-5-21(18)24/h2-9,14,24-25H,10-13,15-16H2,1H3,(H,35,38)(H,40,41)(H2,34,36,42)/t24-,25+/m1/s1. The van der Waals surface area contributed by atoms with Crippen LogP contribution in [0.4, 0.5) is 4.79 Å². The molecule has 1 heterocycles. The highest BCUT2D eigenvalue weighted by Gasteiger charge is 2.30. The zero-order chi connectivity index (χ0) is 30.0. The number of urea groups is 1. The first-order chi connectivity index (χ1) is 20.1. The van der Waals surface area contributed by atoms with Gasteiger partial charge < -0.3 is 26.0 Å². The number of hydrogen-bond acceptors (Lipinski definition) is 4. The Bertz CT molecular complexity index is 1560. The number of nitrogens with one attached hydrogen (secondary N) is 3. The predicted molar refractivity (Wildman–Crippen MR) is 159 cm³/mol. The van der Waals surface area contributed by atoms with Crippen LogP contribution in [0.15, 0.2) is 54.6 Å². The van der Waals surface area contributed by atoms with Crippen molar-refractivity contribution >= 4 is 47.0 Å². The largest absolute Gasteiger partial charge is 0.480 e. The molecule has 0 radical (unpaired) electrons. The molecule has 4 amide bonds. The number of carboxylic acids is 1. The van der Waals surface area contributed by atoms with Crippen molar-refractivity contribution in [2.75, 3.05) is 13.1 Å². The highest BCUT2D eigenvalue weighted by atomic mass is 35.5. The Morgan fingerprint density at radius 3 is 2.50 bits per heavy atom. The molecule has 3 aromatic carbocycles. The van der Waals surface area contributed by atoms with Crippen molar-refractivity contribution in [3.05, 3.63) is 104 Å². The molecule has 42 heavy (non-hydrogen) atoms. The average molecular weight is 610 g/mol. The van der Waals surface area contributed by atoms with Crippen LogP contribution in [0.5, 0.6) is 0 Å². The maximum absolute atomic E-state index is 13.2. The maximum atomic E-state index is 13.2. The molecule has 0 fully saturated rings. The van der Waals surface area contributed by atoms with E-state index >= 15 is 0 Å². The van der Waals surface area contributed by atoms with E-state index in [4.69, 9.17) is 23.2 Å². The van der Waals surface area contributed by atoms with E-state index in [1.165, 1.54) is 5.56 Å². The van der Waals surface area contributed by atoms with Gasteiger partial charge in [-0.25, -0.2) is 9.59 Å². The summed E-state index contributed by atoms with van der Waals surface area (Å²) in [5.74, 6) is -2.22. The Morgan fingerprint density at radius 1 is 1.02 bits per heavy atom. The second kappa shape index (κ2) is 12.4. The number of aryl methyl sites for hydroxylation is 2. The highest BCUT2D eigenvalue weighted by molar-refractivity contribution is 6.40. The van der Waals surface area contributed by atoms with E-state index in [1.807, 2.05) is 43.3 Å². The monoisotopic (exact) mass is 608 g/mol. The highest BCUT2D eigenvalue weighted by Crippen LogP contribution is 2.35. The van der Waals surface area contributed by atoms with Gasteiger partial charge in [0, 0.05) is 18.7 Å². The van der Waals surface area contributed by atoms with Crippen molar-refractivity contribution < 1.29 is 24.3 Å². The second-order valence-corrected chi connectivity index (χ2v) is 11.3. The lowest BCUT2D eigenvalue weighted by molar-refractivity contribution is -0.139. The van der Waals surface area contributed by atoms with Gasteiger partial charge in [0.2, 0.25) is 0 Å². The topological polar surface area (TPSA) is 128 Å². The number of carbonyl (C=O) groups excluding carboxylic acids is 3. The molecule has 0 saturated heterocycles. The Kier molecular flexibility index (Phi) is 8.70. The molecule has 0 unspecified atom stereocenters. The number of rotatable bonds is 7. The smallest absolute Gasteiger partial charge is 0.328 e. The molecule has 2 aliphatic rings. The number of carbonyl (C=O) groups is 4. The molecule has 9 nitrogen and oxygen atoms in total. The summed E-state index contributed by atoms with van der Waals surface area (Å²) in [5.41, 5.74) is 5.19. The number of carboxylic acid groups (broad SMARTS) is 1. The summed E-state index contributed by atoms with van der Waals surface area (Å²) in [6, 6.07) is 14.6. The first kappa shape index (κ1) is 29.4. The zero-order valence-corrected chi connectivity index (χ0v) is 24.4. The average Bonchev–Trinajstić information content (AvgIpc) is 3.37. The lowest BCUT2D eigenvalue weighted by Crippen LogP contribution is -2.50.